The molecule has 1 aliphatic heterocycles. The number of halogens is 1. The summed E-state index contributed by atoms with van der Waals surface area (Å²) in [5.74, 6) is 0.594. The van der Waals surface area contributed by atoms with Gasteiger partial charge in [-0.3, -0.25) is 10.1 Å². The molecule has 0 spiro atoms. The first-order valence-electron chi connectivity index (χ1n) is 7.50. The molecule has 1 atom stereocenters. The minimum Gasteiger partial charge on any atom is -0.324 e. The molecule has 7 nitrogen and oxygen atoms in total. The van der Waals surface area contributed by atoms with Gasteiger partial charge in [0.25, 0.3) is 5.69 Å². The summed E-state index contributed by atoms with van der Waals surface area (Å²) in [6, 6.07) is 14.2. The summed E-state index contributed by atoms with van der Waals surface area (Å²) in [5, 5.41) is 18.6. The molecule has 0 bridgehead atoms. The van der Waals surface area contributed by atoms with Gasteiger partial charge >= 0.3 is 0 Å². The lowest BCUT2D eigenvalue weighted by Gasteiger charge is -2.24. The van der Waals surface area contributed by atoms with Crippen molar-refractivity contribution in [2.24, 2.45) is 0 Å². The number of benzene rings is 2. The van der Waals surface area contributed by atoms with E-state index in [9.17, 15) is 10.1 Å². The van der Waals surface area contributed by atoms with Crippen LogP contribution >= 0.6 is 15.9 Å². The SMILES string of the molecule is O=[N+]([O-])c1cccc([C@H]2C=C(c3ccc(Br)cc3)Nc3ncnn32)c1. The third kappa shape index (κ3) is 2.91. The molecule has 124 valence electrons. The number of non-ortho nitro benzene ring substituents is 1. The highest BCUT2D eigenvalue weighted by Crippen LogP contribution is 2.33. The minimum atomic E-state index is -0.397. The van der Waals surface area contributed by atoms with Crippen LogP contribution in [0.2, 0.25) is 0 Å². The Hall–Kier alpha value is -3.00. The molecule has 0 aliphatic carbocycles. The van der Waals surface area contributed by atoms with Crippen LogP contribution < -0.4 is 5.32 Å². The number of nitro groups is 1. The van der Waals surface area contributed by atoms with Crippen LogP contribution in [-0.4, -0.2) is 19.7 Å². The Balaban J connectivity index is 1.81. The van der Waals surface area contributed by atoms with Crippen molar-refractivity contribution in [1.82, 2.24) is 14.8 Å². The summed E-state index contributed by atoms with van der Waals surface area (Å²) in [7, 11) is 0. The quantitative estimate of drug-likeness (QED) is 0.532. The molecule has 4 rings (SSSR count). The zero-order valence-electron chi connectivity index (χ0n) is 12.8. The van der Waals surface area contributed by atoms with Crippen LogP contribution in [0.5, 0.6) is 0 Å². The van der Waals surface area contributed by atoms with E-state index in [4.69, 9.17) is 0 Å². The van der Waals surface area contributed by atoms with Gasteiger partial charge in [0.1, 0.15) is 12.4 Å². The molecule has 0 radical (unpaired) electrons. The third-order valence-corrected chi connectivity index (χ3v) is 4.51. The lowest BCUT2D eigenvalue weighted by Crippen LogP contribution is -2.20. The highest BCUT2D eigenvalue weighted by Gasteiger charge is 2.24. The molecular weight excluding hydrogens is 386 g/mol. The van der Waals surface area contributed by atoms with E-state index in [0.717, 1.165) is 21.3 Å². The van der Waals surface area contributed by atoms with Gasteiger partial charge in [-0.15, -0.1) is 0 Å². The largest absolute Gasteiger partial charge is 0.324 e. The maximum absolute atomic E-state index is 11.1. The summed E-state index contributed by atoms with van der Waals surface area (Å²) in [4.78, 5) is 14.9. The van der Waals surface area contributed by atoms with Gasteiger partial charge in [-0.25, -0.2) is 4.68 Å². The van der Waals surface area contributed by atoms with E-state index in [2.05, 4.69) is 31.3 Å². The third-order valence-electron chi connectivity index (χ3n) is 3.99. The number of rotatable bonds is 3. The van der Waals surface area contributed by atoms with E-state index in [1.807, 2.05) is 36.4 Å². The van der Waals surface area contributed by atoms with Crippen LogP contribution in [0.25, 0.3) is 5.70 Å². The number of nitrogens with one attached hydrogen (secondary N) is 1. The number of anilines is 1. The van der Waals surface area contributed by atoms with Crippen molar-refractivity contribution in [3.05, 3.63) is 86.6 Å². The summed E-state index contributed by atoms with van der Waals surface area (Å²) < 4.78 is 2.70. The van der Waals surface area contributed by atoms with Crippen LogP contribution in [0.1, 0.15) is 17.2 Å². The number of aromatic nitrogens is 3. The van der Waals surface area contributed by atoms with Crippen LogP contribution in [0.3, 0.4) is 0 Å². The predicted octanol–water partition coefficient (Wildman–Crippen LogP) is 4.00. The molecule has 0 fully saturated rings. The zero-order valence-corrected chi connectivity index (χ0v) is 14.4. The van der Waals surface area contributed by atoms with Crippen molar-refractivity contribution in [3.63, 3.8) is 0 Å². The van der Waals surface area contributed by atoms with E-state index < -0.39 is 4.92 Å². The fourth-order valence-electron chi connectivity index (χ4n) is 2.79. The van der Waals surface area contributed by atoms with E-state index in [1.165, 1.54) is 12.4 Å². The first-order chi connectivity index (χ1) is 12.1. The molecular formula is C17H12BrN5O2. The Kier molecular flexibility index (Phi) is 3.81. The fourth-order valence-corrected chi connectivity index (χ4v) is 3.06. The normalized spacial score (nSPS) is 15.9. The van der Waals surface area contributed by atoms with E-state index >= 15 is 0 Å². The topological polar surface area (TPSA) is 85.9 Å². The van der Waals surface area contributed by atoms with Crippen molar-refractivity contribution in [3.8, 4) is 0 Å². The second-order valence-corrected chi connectivity index (χ2v) is 6.45. The van der Waals surface area contributed by atoms with Gasteiger partial charge in [0.15, 0.2) is 0 Å². The maximum Gasteiger partial charge on any atom is 0.269 e. The van der Waals surface area contributed by atoms with Gasteiger partial charge in [-0.05, 0) is 29.3 Å². The fraction of sp³-hybridized carbons (Fsp3) is 0.0588. The standard InChI is InChI=1S/C17H12BrN5O2/c18-13-6-4-11(5-7-13)15-9-16(22-17(21-15)19-10-20-22)12-2-1-3-14(8-12)23(24)25/h1-10,16H,(H,19,20,21)/t16-/m1/s1. The predicted molar refractivity (Wildman–Crippen MR) is 97.0 cm³/mol. The first kappa shape index (κ1) is 15.5. The molecule has 2 aromatic carbocycles. The number of hydrogen-bond donors (Lipinski definition) is 1. The lowest BCUT2D eigenvalue weighted by molar-refractivity contribution is -0.384. The second-order valence-electron chi connectivity index (χ2n) is 5.54. The van der Waals surface area contributed by atoms with Crippen molar-refractivity contribution >= 4 is 33.3 Å². The van der Waals surface area contributed by atoms with E-state index in [0.29, 0.717) is 5.95 Å². The van der Waals surface area contributed by atoms with Crippen molar-refractivity contribution in [2.75, 3.05) is 5.32 Å². The number of hydrogen-bond acceptors (Lipinski definition) is 5. The number of allylic oxidation sites excluding steroid dienone is 1. The van der Waals surface area contributed by atoms with Crippen LogP contribution in [0, 0.1) is 10.1 Å². The molecule has 3 aromatic rings. The van der Waals surface area contributed by atoms with Crippen molar-refractivity contribution in [2.45, 2.75) is 6.04 Å². The number of fused-ring (bicyclic) bond motifs is 1. The molecule has 0 unspecified atom stereocenters. The lowest BCUT2D eigenvalue weighted by atomic mass is 10.0. The Morgan fingerprint density at radius 3 is 2.76 bits per heavy atom. The molecule has 0 saturated heterocycles. The highest BCUT2D eigenvalue weighted by molar-refractivity contribution is 9.10. The molecule has 25 heavy (non-hydrogen) atoms. The molecule has 8 heteroatoms. The van der Waals surface area contributed by atoms with Crippen LogP contribution in [0.4, 0.5) is 11.6 Å². The van der Waals surface area contributed by atoms with Crippen LogP contribution in [-0.2, 0) is 0 Å². The number of nitrogens with zero attached hydrogens (tertiary/aromatic N) is 4. The smallest absolute Gasteiger partial charge is 0.269 e. The first-order valence-corrected chi connectivity index (χ1v) is 8.30. The molecule has 2 heterocycles. The average Bonchev–Trinajstić information content (AvgIpc) is 3.10. The number of nitro benzene ring substituents is 1. The van der Waals surface area contributed by atoms with Gasteiger partial charge in [-0.1, -0.05) is 40.2 Å². The summed E-state index contributed by atoms with van der Waals surface area (Å²) in [5.41, 5.74) is 2.70. The van der Waals surface area contributed by atoms with Gasteiger partial charge in [-0.2, -0.15) is 10.1 Å². The van der Waals surface area contributed by atoms with Gasteiger partial charge in [0, 0.05) is 22.3 Å². The van der Waals surface area contributed by atoms with E-state index in [-0.39, 0.29) is 11.7 Å². The van der Waals surface area contributed by atoms with Gasteiger partial charge in [0.05, 0.1) is 4.92 Å². The van der Waals surface area contributed by atoms with Crippen molar-refractivity contribution < 1.29 is 4.92 Å². The Morgan fingerprint density at radius 2 is 2.00 bits per heavy atom. The summed E-state index contributed by atoms with van der Waals surface area (Å²) in [6.45, 7) is 0. The Morgan fingerprint density at radius 1 is 1.20 bits per heavy atom. The maximum atomic E-state index is 11.1. The van der Waals surface area contributed by atoms with E-state index in [1.54, 1.807) is 16.8 Å². The van der Waals surface area contributed by atoms with Gasteiger partial charge < -0.3 is 5.32 Å². The highest BCUT2D eigenvalue weighted by atomic mass is 79.9. The molecule has 1 N–H and O–H groups in total. The van der Waals surface area contributed by atoms with Crippen LogP contribution in [0.15, 0.2) is 65.4 Å². The minimum absolute atomic E-state index is 0.0521. The molecule has 0 amide bonds. The summed E-state index contributed by atoms with van der Waals surface area (Å²) in [6.07, 6.45) is 3.45. The molecule has 0 saturated carbocycles. The monoisotopic (exact) mass is 397 g/mol. The van der Waals surface area contributed by atoms with Crippen molar-refractivity contribution in [1.29, 1.82) is 0 Å². The second kappa shape index (κ2) is 6.14. The molecule has 1 aliphatic rings. The zero-order chi connectivity index (χ0) is 17.4. The Labute approximate surface area is 151 Å². The average molecular weight is 398 g/mol. The van der Waals surface area contributed by atoms with Gasteiger partial charge in [0.2, 0.25) is 5.95 Å². The Bertz CT molecular complexity index is 981. The summed E-state index contributed by atoms with van der Waals surface area (Å²) >= 11 is 3.43. The molecule has 1 aromatic heterocycles.